The first-order valence-corrected chi connectivity index (χ1v) is 7.83. The van der Waals surface area contributed by atoms with Crippen LogP contribution in [-0.4, -0.2) is 35.1 Å². The predicted octanol–water partition coefficient (Wildman–Crippen LogP) is 3.17. The molecule has 2 rings (SSSR count). The number of urea groups is 1. The molecule has 2 amide bonds. The van der Waals surface area contributed by atoms with Crippen LogP contribution in [0.5, 0.6) is 0 Å². The summed E-state index contributed by atoms with van der Waals surface area (Å²) in [7, 11) is 0. The molecular weight excluding hydrogens is 318 g/mol. The molecule has 2 unspecified atom stereocenters. The molecule has 24 heavy (non-hydrogen) atoms. The molecule has 0 bridgehead atoms. The lowest BCUT2D eigenvalue weighted by atomic mass is 9.82. The molecule has 1 saturated heterocycles. The van der Waals surface area contributed by atoms with Crippen LogP contribution < -0.4 is 5.32 Å². The van der Waals surface area contributed by atoms with Crippen molar-refractivity contribution in [2.75, 3.05) is 13.1 Å². The largest absolute Gasteiger partial charge is 0.481 e. The lowest BCUT2D eigenvalue weighted by Gasteiger charge is -2.33. The van der Waals surface area contributed by atoms with E-state index in [1.54, 1.807) is 0 Å². The third-order valence-corrected chi connectivity index (χ3v) is 4.23. The van der Waals surface area contributed by atoms with Crippen LogP contribution >= 0.6 is 0 Å². The van der Waals surface area contributed by atoms with Crippen molar-refractivity contribution in [3.63, 3.8) is 0 Å². The summed E-state index contributed by atoms with van der Waals surface area (Å²) < 4.78 is 27.3. The third-order valence-electron chi connectivity index (χ3n) is 4.23. The molecule has 1 aromatic rings. The maximum absolute atomic E-state index is 14.1. The van der Waals surface area contributed by atoms with Crippen molar-refractivity contribution in [2.24, 2.45) is 11.3 Å². The number of likely N-dealkylation sites (tertiary alicyclic amines) is 1. The van der Waals surface area contributed by atoms with E-state index < -0.39 is 41.0 Å². The van der Waals surface area contributed by atoms with Crippen molar-refractivity contribution in [3.05, 3.63) is 35.4 Å². The van der Waals surface area contributed by atoms with Gasteiger partial charge >= 0.3 is 12.0 Å². The Bertz CT molecular complexity index is 643. The highest BCUT2D eigenvalue weighted by molar-refractivity contribution is 5.77. The molecule has 2 N–H and O–H groups in total. The second kappa shape index (κ2) is 6.75. The molecular formula is C17H22F2N2O3. The van der Waals surface area contributed by atoms with Crippen LogP contribution in [-0.2, 0) is 4.79 Å². The van der Waals surface area contributed by atoms with E-state index in [1.807, 2.05) is 20.8 Å². The summed E-state index contributed by atoms with van der Waals surface area (Å²) >= 11 is 0. The van der Waals surface area contributed by atoms with Gasteiger partial charge in [-0.2, -0.15) is 0 Å². The molecule has 0 spiro atoms. The van der Waals surface area contributed by atoms with Crippen molar-refractivity contribution < 1.29 is 23.5 Å². The minimum atomic E-state index is -0.928. The number of rotatable bonds is 3. The molecule has 1 heterocycles. The van der Waals surface area contributed by atoms with Crippen LogP contribution in [0.3, 0.4) is 0 Å². The van der Waals surface area contributed by atoms with E-state index in [1.165, 1.54) is 11.0 Å². The Morgan fingerprint density at radius 1 is 1.33 bits per heavy atom. The molecule has 0 aromatic heterocycles. The van der Waals surface area contributed by atoms with Gasteiger partial charge in [0.05, 0.1) is 12.0 Å². The van der Waals surface area contributed by atoms with E-state index in [9.17, 15) is 18.4 Å². The number of nitrogens with zero attached hydrogens (tertiary/aromatic N) is 1. The number of carboxylic acid groups (broad SMARTS) is 1. The minimum Gasteiger partial charge on any atom is -0.481 e. The molecule has 1 aromatic carbocycles. The van der Waals surface area contributed by atoms with Crippen LogP contribution in [0, 0.1) is 23.0 Å². The summed E-state index contributed by atoms with van der Waals surface area (Å²) in [5, 5.41) is 11.8. The van der Waals surface area contributed by atoms with Gasteiger partial charge in [-0.15, -0.1) is 0 Å². The number of aliphatic carboxylic acids is 1. The fourth-order valence-electron chi connectivity index (χ4n) is 2.86. The zero-order valence-electron chi connectivity index (χ0n) is 14.0. The van der Waals surface area contributed by atoms with Gasteiger partial charge in [0.1, 0.15) is 11.6 Å². The van der Waals surface area contributed by atoms with E-state index >= 15 is 0 Å². The average molecular weight is 340 g/mol. The molecule has 2 atom stereocenters. The summed E-state index contributed by atoms with van der Waals surface area (Å²) in [5.41, 5.74) is -0.313. The lowest BCUT2D eigenvalue weighted by molar-refractivity contribution is -0.141. The zero-order chi connectivity index (χ0) is 18.1. The van der Waals surface area contributed by atoms with Crippen LogP contribution in [0.25, 0.3) is 0 Å². The second-order valence-corrected chi connectivity index (χ2v) is 7.18. The Morgan fingerprint density at radius 2 is 2.00 bits per heavy atom. The van der Waals surface area contributed by atoms with Crippen LogP contribution in [0.15, 0.2) is 18.2 Å². The molecule has 0 radical (unpaired) electrons. The summed E-state index contributed by atoms with van der Waals surface area (Å²) in [6.45, 7) is 5.98. The first kappa shape index (κ1) is 18.2. The Labute approximate surface area is 139 Å². The normalized spacial score (nSPS) is 19.2. The summed E-state index contributed by atoms with van der Waals surface area (Å²) in [4.78, 5) is 24.9. The number of carbonyl (C=O) groups is 2. The van der Waals surface area contributed by atoms with Gasteiger partial charge in [0.25, 0.3) is 0 Å². The fourth-order valence-corrected chi connectivity index (χ4v) is 2.86. The number of amides is 2. The van der Waals surface area contributed by atoms with Gasteiger partial charge in [0.2, 0.25) is 0 Å². The van der Waals surface area contributed by atoms with E-state index in [-0.39, 0.29) is 12.1 Å². The summed E-state index contributed by atoms with van der Waals surface area (Å²) in [5.74, 6) is -2.91. The van der Waals surface area contributed by atoms with Crippen molar-refractivity contribution >= 4 is 12.0 Å². The van der Waals surface area contributed by atoms with Crippen molar-refractivity contribution in [1.82, 2.24) is 10.2 Å². The second-order valence-electron chi connectivity index (χ2n) is 7.18. The molecule has 0 saturated carbocycles. The number of halogens is 2. The Kier molecular flexibility index (Phi) is 5.11. The topological polar surface area (TPSA) is 69.6 Å². The molecule has 1 aliphatic heterocycles. The highest BCUT2D eigenvalue weighted by atomic mass is 19.1. The van der Waals surface area contributed by atoms with Gasteiger partial charge in [0.15, 0.2) is 0 Å². The van der Waals surface area contributed by atoms with Gasteiger partial charge in [-0.25, -0.2) is 13.6 Å². The summed E-state index contributed by atoms with van der Waals surface area (Å²) in [6.07, 6.45) is 0.397. The molecule has 1 aliphatic rings. The Morgan fingerprint density at radius 3 is 2.50 bits per heavy atom. The molecule has 1 fully saturated rings. The number of hydrogen-bond acceptors (Lipinski definition) is 2. The minimum absolute atomic E-state index is 0.129. The first-order chi connectivity index (χ1) is 11.1. The zero-order valence-corrected chi connectivity index (χ0v) is 14.0. The highest BCUT2D eigenvalue weighted by Crippen LogP contribution is 2.34. The first-order valence-electron chi connectivity index (χ1n) is 7.83. The molecule has 5 nitrogen and oxygen atoms in total. The van der Waals surface area contributed by atoms with Gasteiger partial charge in [-0.3, -0.25) is 4.79 Å². The van der Waals surface area contributed by atoms with E-state index in [0.29, 0.717) is 13.0 Å². The van der Waals surface area contributed by atoms with Gasteiger partial charge in [-0.05, 0) is 17.9 Å². The predicted molar refractivity (Wildman–Crippen MR) is 84.4 cm³/mol. The van der Waals surface area contributed by atoms with E-state index in [2.05, 4.69) is 5.32 Å². The van der Waals surface area contributed by atoms with Gasteiger partial charge in [0, 0.05) is 24.7 Å². The highest BCUT2D eigenvalue weighted by Gasteiger charge is 2.35. The van der Waals surface area contributed by atoms with E-state index in [0.717, 1.165) is 12.1 Å². The Hall–Kier alpha value is -2.18. The average Bonchev–Trinajstić information content (AvgIpc) is 2.94. The van der Waals surface area contributed by atoms with Crippen LogP contribution in [0.2, 0.25) is 0 Å². The van der Waals surface area contributed by atoms with Crippen molar-refractivity contribution in [3.8, 4) is 0 Å². The maximum atomic E-state index is 14.1. The molecule has 132 valence electrons. The SMILES string of the molecule is CC(C)(C)C(NC(=O)N1CCC(C(=O)O)C1)c1ccc(F)cc1F. The fraction of sp³-hybridized carbons (Fsp3) is 0.529. The van der Waals surface area contributed by atoms with Gasteiger partial charge < -0.3 is 15.3 Å². The van der Waals surface area contributed by atoms with Crippen LogP contribution in [0.4, 0.5) is 13.6 Å². The standard InChI is InChI=1S/C17H22F2N2O3/c1-17(2,3)14(12-5-4-11(18)8-13(12)19)20-16(24)21-7-6-10(9-21)15(22)23/h4-5,8,10,14H,6-7,9H2,1-3H3,(H,20,24)(H,22,23). The number of carboxylic acids is 1. The number of hydrogen-bond donors (Lipinski definition) is 2. The van der Waals surface area contributed by atoms with E-state index in [4.69, 9.17) is 5.11 Å². The number of nitrogens with one attached hydrogen (secondary N) is 1. The van der Waals surface area contributed by atoms with Crippen molar-refractivity contribution in [1.29, 1.82) is 0 Å². The lowest BCUT2D eigenvalue weighted by Crippen LogP contribution is -2.44. The number of benzene rings is 1. The van der Waals surface area contributed by atoms with Gasteiger partial charge in [-0.1, -0.05) is 26.8 Å². The monoisotopic (exact) mass is 340 g/mol. The van der Waals surface area contributed by atoms with Crippen LogP contribution in [0.1, 0.15) is 38.8 Å². The Balaban J connectivity index is 2.18. The van der Waals surface area contributed by atoms with Crippen molar-refractivity contribution in [2.45, 2.75) is 33.2 Å². The smallest absolute Gasteiger partial charge is 0.317 e. The quantitative estimate of drug-likeness (QED) is 0.888. The maximum Gasteiger partial charge on any atom is 0.317 e. The molecule has 0 aliphatic carbocycles. The number of carbonyl (C=O) groups excluding carboxylic acids is 1. The summed E-state index contributed by atoms with van der Waals surface area (Å²) in [6, 6.07) is 2.15. The third kappa shape index (κ3) is 4.01. The molecule has 7 heteroatoms.